The van der Waals surface area contributed by atoms with Gasteiger partial charge in [0.2, 0.25) is 0 Å². The van der Waals surface area contributed by atoms with Gasteiger partial charge in [0.15, 0.2) is 11.5 Å². The van der Waals surface area contributed by atoms with Crippen molar-refractivity contribution in [3.63, 3.8) is 0 Å². The molecule has 8 heteroatoms. The molecule has 0 amide bonds. The third-order valence-corrected chi connectivity index (χ3v) is 4.68. The number of phenols is 2. The zero-order chi connectivity index (χ0) is 24.0. The van der Waals surface area contributed by atoms with Crippen LogP contribution in [0.1, 0.15) is 12.5 Å². The maximum Gasteiger partial charge on any atom is 0.300 e. The van der Waals surface area contributed by atoms with Crippen LogP contribution < -0.4 is 4.74 Å². The van der Waals surface area contributed by atoms with E-state index in [1.165, 1.54) is 7.11 Å². The maximum absolute atomic E-state index is 10.4. The van der Waals surface area contributed by atoms with Crippen LogP contribution in [0.4, 0.5) is 0 Å². The van der Waals surface area contributed by atoms with Gasteiger partial charge in [-0.2, -0.15) is 0 Å². The van der Waals surface area contributed by atoms with E-state index in [-0.39, 0.29) is 28.6 Å². The van der Waals surface area contributed by atoms with Crippen LogP contribution in [-0.4, -0.2) is 38.4 Å². The molecule has 0 atom stereocenters. The van der Waals surface area contributed by atoms with Gasteiger partial charge in [-0.25, -0.2) is 9.97 Å². The number of phenolic OH excluding ortho intramolecular Hbond substituents is 2. The first kappa shape index (κ1) is 26.4. The number of aryl methyl sites for hydroxylation is 1. The number of methoxy groups -OCH3 is 1. The summed E-state index contributed by atoms with van der Waals surface area (Å²) in [6, 6.07) is 22.0. The molecule has 3 N–H and O–H groups in total. The minimum Gasteiger partial charge on any atom is -0.507 e. The molecule has 4 rings (SSSR count). The number of carboxylic acid groups (broad SMARTS) is 1. The SMILES string of the molecule is CC(=O)O.COc1cccc(-c2cccc(-c3cccc(-c4ccc(C)cc4O)n3)n2)c1O.[Mn]. The Morgan fingerprint density at radius 2 is 1.29 bits per heavy atom. The number of benzene rings is 2. The van der Waals surface area contributed by atoms with Crippen LogP contribution in [-0.2, 0) is 21.9 Å². The summed E-state index contributed by atoms with van der Waals surface area (Å²) < 4.78 is 5.19. The zero-order valence-corrected chi connectivity index (χ0v) is 20.0. The molecule has 2 aromatic heterocycles. The minimum atomic E-state index is -0.833. The molecule has 0 aliphatic heterocycles. The molecule has 2 aromatic carbocycles. The Bertz CT molecular complexity index is 1290. The first-order chi connectivity index (χ1) is 15.8. The molecular weight excluding hydrogens is 475 g/mol. The van der Waals surface area contributed by atoms with Crippen LogP contribution in [0.15, 0.2) is 72.8 Å². The molecule has 0 saturated carbocycles. The second kappa shape index (κ2) is 11.8. The smallest absolute Gasteiger partial charge is 0.300 e. The average molecular weight is 499 g/mol. The topological polar surface area (TPSA) is 113 Å². The average Bonchev–Trinajstić information content (AvgIpc) is 2.79. The molecule has 34 heavy (non-hydrogen) atoms. The van der Waals surface area contributed by atoms with Crippen LogP contribution in [0, 0.1) is 6.92 Å². The molecule has 7 nitrogen and oxygen atoms in total. The van der Waals surface area contributed by atoms with Crippen LogP contribution >= 0.6 is 0 Å². The Hall–Kier alpha value is -3.87. The van der Waals surface area contributed by atoms with Crippen molar-refractivity contribution in [2.75, 3.05) is 7.11 Å². The van der Waals surface area contributed by atoms with Crippen LogP contribution in [0.2, 0.25) is 0 Å². The van der Waals surface area contributed by atoms with Crippen molar-refractivity contribution >= 4 is 5.97 Å². The van der Waals surface area contributed by atoms with Gasteiger partial charge in [0.05, 0.1) is 29.9 Å². The predicted molar refractivity (Wildman–Crippen MR) is 126 cm³/mol. The van der Waals surface area contributed by atoms with Crippen molar-refractivity contribution in [3.05, 3.63) is 78.4 Å². The molecule has 0 fully saturated rings. The van der Waals surface area contributed by atoms with E-state index >= 15 is 0 Å². The number of hydrogen-bond donors (Lipinski definition) is 3. The summed E-state index contributed by atoms with van der Waals surface area (Å²) in [6.07, 6.45) is 0. The van der Waals surface area contributed by atoms with Crippen LogP contribution in [0.3, 0.4) is 0 Å². The summed E-state index contributed by atoms with van der Waals surface area (Å²) in [5.74, 6) is -0.201. The van der Waals surface area contributed by atoms with Gasteiger partial charge in [0, 0.05) is 35.1 Å². The fourth-order valence-corrected chi connectivity index (χ4v) is 3.21. The van der Waals surface area contributed by atoms with E-state index in [1.54, 1.807) is 24.3 Å². The Balaban J connectivity index is 0.000000758. The van der Waals surface area contributed by atoms with E-state index < -0.39 is 5.97 Å². The molecule has 0 saturated heterocycles. The van der Waals surface area contributed by atoms with E-state index in [2.05, 4.69) is 9.97 Å². The van der Waals surface area contributed by atoms with Gasteiger partial charge >= 0.3 is 0 Å². The number of rotatable bonds is 4. The number of hydrogen-bond acceptors (Lipinski definition) is 6. The van der Waals surface area contributed by atoms with Gasteiger partial charge in [-0.15, -0.1) is 0 Å². The van der Waals surface area contributed by atoms with Gasteiger partial charge < -0.3 is 20.1 Å². The number of carboxylic acids is 1. The minimum absolute atomic E-state index is 0. The van der Waals surface area contributed by atoms with Crippen LogP contribution in [0.25, 0.3) is 33.9 Å². The zero-order valence-electron chi connectivity index (χ0n) is 18.9. The second-order valence-electron chi connectivity index (χ2n) is 7.21. The summed E-state index contributed by atoms with van der Waals surface area (Å²) >= 11 is 0. The van der Waals surface area contributed by atoms with Gasteiger partial charge in [0.25, 0.3) is 5.97 Å². The monoisotopic (exact) mass is 499 g/mol. The van der Waals surface area contributed by atoms with E-state index in [0.29, 0.717) is 39.7 Å². The molecule has 0 spiro atoms. The number of para-hydroxylation sites is 1. The molecule has 4 aromatic rings. The number of pyridine rings is 2. The van der Waals surface area contributed by atoms with E-state index in [4.69, 9.17) is 14.6 Å². The van der Waals surface area contributed by atoms with Gasteiger partial charge in [-0.3, -0.25) is 4.79 Å². The van der Waals surface area contributed by atoms with Crippen molar-refractivity contribution in [1.29, 1.82) is 0 Å². The Labute approximate surface area is 208 Å². The predicted octanol–water partition coefficient (Wildman–Crippen LogP) is 5.29. The molecule has 1 radical (unpaired) electrons. The van der Waals surface area contributed by atoms with Crippen molar-refractivity contribution in [2.45, 2.75) is 13.8 Å². The van der Waals surface area contributed by atoms with Crippen LogP contribution in [0.5, 0.6) is 17.2 Å². The second-order valence-corrected chi connectivity index (χ2v) is 7.21. The number of nitrogens with zero attached hydrogens (tertiary/aromatic N) is 2. The Kier molecular flexibility index (Phi) is 9.18. The molecule has 2 heterocycles. The van der Waals surface area contributed by atoms with Crippen molar-refractivity contribution < 1.29 is 41.9 Å². The number of aliphatic carboxylic acids is 1. The van der Waals surface area contributed by atoms with Crippen molar-refractivity contribution in [1.82, 2.24) is 9.97 Å². The van der Waals surface area contributed by atoms with Gasteiger partial charge in [0.1, 0.15) is 5.75 Å². The summed E-state index contributed by atoms with van der Waals surface area (Å²) in [5.41, 5.74) is 4.85. The maximum atomic E-state index is 10.4. The fraction of sp³-hybridized carbons (Fsp3) is 0.115. The number of ether oxygens (including phenoxy) is 1. The largest absolute Gasteiger partial charge is 0.507 e. The molecule has 0 unspecified atom stereocenters. The normalized spacial score (nSPS) is 9.85. The molecule has 175 valence electrons. The van der Waals surface area contributed by atoms with E-state index in [9.17, 15) is 10.2 Å². The summed E-state index contributed by atoms with van der Waals surface area (Å²) in [5, 5.41) is 28.1. The molecular formula is C26H24MnN2O5. The first-order valence-electron chi connectivity index (χ1n) is 10.1. The quantitative estimate of drug-likeness (QED) is 0.327. The van der Waals surface area contributed by atoms with Crippen molar-refractivity contribution in [2.24, 2.45) is 0 Å². The van der Waals surface area contributed by atoms with E-state index in [1.807, 2.05) is 55.5 Å². The Morgan fingerprint density at radius 3 is 1.82 bits per heavy atom. The Morgan fingerprint density at radius 1 is 0.794 bits per heavy atom. The third kappa shape index (κ3) is 6.34. The summed E-state index contributed by atoms with van der Waals surface area (Å²) in [4.78, 5) is 18.4. The number of aromatic nitrogens is 2. The third-order valence-electron chi connectivity index (χ3n) is 4.68. The van der Waals surface area contributed by atoms with Gasteiger partial charge in [-0.1, -0.05) is 24.3 Å². The van der Waals surface area contributed by atoms with Crippen molar-refractivity contribution in [3.8, 4) is 51.2 Å². The molecule has 0 bridgehead atoms. The standard InChI is InChI=1S/C24H20N2O3.C2H4O2.Mn/c1-15-12-13-16(22(27)14-15)18-7-4-9-20(25-18)21-10-5-8-19(26-21)17-6-3-11-23(29-2)24(17)28;1-2(3)4;/h3-14,27-28H,1-2H3;1H3,(H,3,4);. The summed E-state index contributed by atoms with van der Waals surface area (Å²) in [6.45, 7) is 3.01. The molecule has 0 aliphatic rings. The van der Waals surface area contributed by atoms with E-state index in [0.717, 1.165) is 12.5 Å². The van der Waals surface area contributed by atoms with Gasteiger partial charge in [-0.05, 0) is 61.0 Å². The fourth-order valence-electron chi connectivity index (χ4n) is 3.21. The number of carbonyl (C=O) groups is 1. The summed E-state index contributed by atoms with van der Waals surface area (Å²) in [7, 11) is 1.51. The number of aromatic hydroxyl groups is 2. The first-order valence-corrected chi connectivity index (χ1v) is 10.1. The molecule has 0 aliphatic carbocycles.